The molecule has 0 aliphatic carbocycles. The fourth-order valence-electron chi connectivity index (χ4n) is 2.64. The van der Waals surface area contributed by atoms with Crippen LogP contribution >= 0.6 is 31.9 Å². The van der Waals surface area contributed by atoms with Gasteiger partial charge in [0.2, 0.25) is 0 Å². The molecule has 0 radical (unpaired) electrons. The number of ether oxygens (including phenoxy) is 2. The second-order valence-corrected chi connectivity index (χ2v) is 7.50. The monoisotopic (exact) mass is 513 g/mol. The highest BCUT2D eigenvalue weighted by molar-refractivity contribution is 9.11. The summed E-state index contributed by atoms with van der Waals surface area (Å²) in [6.07, 6.45) is 0. The summed E-state index contributed by atoms with van der Waals surface area (Å²) in [7, 11) is 3.38. The quantitative estimate of drug-likeness (QED) is 0.318. The number of esters is 1. The van der Waals surface area contributed by atoms with Crippen LogP contribution < -0.4 is 9.64 Å². The van der Waals surface area contributed by atoms with Crippen molar-refractivity contribution in [2.24, 2.45) is 0 Å². The Balaban J connectivity index is 2.68. The maximum absolute atomic E-state index is 12.8. The molecule has 0 unspecified atom stereocenters. The highest BCUT2D eigenvalue weighted by Crippen LogP contribution is 2.44. The molecule has 2 aromatic rings. The zero-order valence-corrected chi connectivity index (χ0v) is 19.1. The van der Waals surface area contributed by atoms with Crippen LogP contribution in [0.2, 0.25) is 0 Å². The molecule has 0 bridgehead atoms. The van der Waals surface area contributed by atoms with Gasteiger partial charge in [-0.15, -0.1) is 0 Å². The Morgan fingerprint density at radius 2 is 1.79 bits per heavy atom. The highest BCUT2D eigenvalue weighted by atomic mass is 79.9. The summed E-state index contributed by atoms with van der Waals surface area (Å²) < 4.78 is 10.9. The van der Waals surface area contributed by atoms with Crippen molar-refractivity contribution in [1.82, 2.24) is 0 Å². The number of halogens is 2. The lowest BCUT2D eigenvalue weighted by molar-refractivity contribution is -0.136. The molecule has 0 fully saturated rings. The van der Waals surface area contributed by atoms with Crippen LogP contribution in [0.5, 0.6) is 17.2 Å². The minimum absolute atomic E-state index is 0.130. The van der Waals surface area contributed by atoms with Gasteiger partial charge in [-0.2, -0.15) is 0 Å². The number of methoxy groups -OCH3 is 1. The molecule has 8 heteroatoms. The van der Waals surface area contributed by atoms with Gasteiger partial charge in [-0.1, -0.05) is 0 Å². The van der Waals surface area contributed by atoms with E-state index in [4.69, 9.17) is 9.47 Å². The summed E-state index contributed by atoms with van der Waals surface area (Å²) in [6.45, 7) is 3.61. The number of carbonyl (C=O) groups is 1. The van der Waals surface area contributed by atoms with Gasteiger partial charge in [0.15, 0.2) is 0 Å². The molecule has 0 aliphatic rings. The Hall–Kier alpha value is -2.19. The highest BCUT2D eigenvalue weighted by Gasteiger charge is 2.27. The molecule has 0 saturated heterocycles. The molecule has 0 heterocycles. The molecule has 0 aromatic heterocycles. The summed E-state index contributed by atoms with van der Waals surface area (Å²) in [5.74, 6) is -0.211. The molecule has 0 aliphatic heterocycles. The molecule has 0 saturated carbocycles. The van der Waals surface area contributed by atoms with E-state index >= 15 is 0 Å². The van der Waals surface area contributed by atoms with E-state index in [0.29, 0.717) is 15.9 Å². The summed E-state index contributed by atoms with van der Waals surface area (Å²) >= 11 is 6.45. The number of phenolic OH excluding ortho intramolecular Hbond substituents is 2. The van der Waals surface area contributed by atoms with E-state index in [9.17, 15) is 15.0 Å². The third-order valence-electron chi connectivity index (χ3n) is 4.23. The lowest BCUT2D eigenvalue weighted by Gasteiger charge is -2.24. The third-order valence-corrected chi connectivity index (χ3v) is 5.60. The van der Waals surface area contributed by atoms with Gasteiger partial charge in [-0.25, -0.2) is 4.79 Å². The van der Waals surface area contributed by atoms with Crippen LogP contribution in [-0.4, -0.2) is 36.9 Å². The summed E-state index contributed by atoms with van der Waals surface area (Å²) in [4.78, 5) is 14.6. The first-order valence-corrected chi connectivity index (χ1v) is 9.97. The lowest BCUT2D eigenvalue weighted by Crippen LogP contribution is -2.20. The minimum Gasteiger partial charge on any atom is -0.507 e. The van der Waals surface area contributed by atoms with Gasteiger partial charge in [0, 0.05) is 18.4 Å². The van der Waals surface area contributed by atoms with E-state index in [2.05, 4.69) is 31.9 Å². The zero-order valence-electron chi connectivity index (χ0n) is 15.9. The Morgan fingerprint density at radius 1 is 1.18 bits per heavy atom. The maximum atomic E-state index is 12.8. The molecule has 0 atom stereocenters. The fourth-order valence-corrected chi connectivity index (χ4v) is 3.93. The number of anilines is 1. The van der Waals surface area contributed by atoms with Crippen LogP contribution in [0.4, 0.5) is 5.69 Å². The van der Waals surface area contributed by atoms with Crippen LogP contribution in [0.3, 0.4) is 0 Å². The second-order valence-electron chi connectivity index (χ2n) is 5.85. The van der Waals surface area contributed by atoms with Gasteiger partial charge >= 0.3 is 5.97 Å². The fraction of sp³-hybridized carbons (Fsp3) is 0.250. The Bertz CT molecular complexity index is 910. The number of carbonyl (C=O) groups excluding carboxylic acids is 1. The number of rotatable bonds is 6. The van der Waals surface area contributed by atoms with Crippen LogP contribution in [0, 0.1) is 0 Å². The molecule has 6 nitrogen and oxygen atoms in total. The second kappa shape index (κ2) is 9.34. The number of aromatic hydroxyl groups is 2. The van der Waals surface area contributed by atoms with Gasteiger partial charge < -0.3 is 24.6 Å². The molecule has 28 heavy (non-hydrogen) atoms. The summed E-state index contributed by atoms with van der Waals surface area (Å²) in [5, 5.41) is 20.8. The van der Waals surface area contributed by atoms with Crippen molar-refractivity contribution >= 4 is 49.1 Å². The van der Waals surface area contributed by atoms with Crippen LogP contribution in [0.1, 0.15) is 19.4 Å². The van der Waals surface area contributed by atoms with E-state index in [-0.39, 0.29) is 33.7 Å². The van der Waals surface area contributed by atoms with Crippen LogP contribution in [0.25, 0.3) is 5.57 Å². The smallest absolute Gasteiger partial charge is 0.340 e. The van der Waals surface area contributed by atoms with Gasteiger partial charge in [0.05, 0.1) is 33.8 Å². The van der Waals surface area contributed by atoms with Crippen molar-refractivity contribution in [2.75, 3.05) is 25.7 Å². The molecule has 0 amide bonds. The summed E-state index contributed by atoms with van der Waals surface area (Å²) in [5.41, 5.74) is 1.61. The van der Waals surface area contributed by atoms with E-state index in [0.717, 1.165) is 5.69 Å². The van der Waals surface area contributed by atoms with E-state index < -0.39 is 5.97 Å². The van der Waals surface area contributed by atoms with Crippen molar-refractivity contribution in [2.45, 2.75) is 13.8 Å². The third kappa shape index (κ3) is 4.44. The average molecular weight is 515 g/mol. The number of nitrogens with zero attached hydrogens (tertiary/aromatic N) is 1. The lowest BCUT2D eigenvalue weighted by atomic mass is 10.0. The SMILES string of the molecule is CCOC(=O)/C(=C(/C)N(C)c1ccc(OC)cc1)c1c(O)cc(Br)c(O)c1Br. The molecule has 2 N–H and O–H groups in total. The van der Waals surface area contributed by atoms with Gasteiger partial charge in [0.1, 0.15) is 17.2 Å². The van der Waals surface area contributed by atoms with Gasteiger partial charge in [0.25, 0.3) is 0 Å². The molecule has 2 rings (SSSR count). The number of benzene rings is 2. The molecule has 150 valence electrons. The Kier molecular flexibility index (Phi) is 7.37. The molecule has 2 aromatic carbocycles. The van der Waals surface area contributed by atoms with Crippen molar-refractivity contribution < 1.29 is 24.5 Å². The number of allylic oxidation sites excluding steroid dienone is 1. The summed E-state index contributed by atoms with van der Waals surface area (Å²) in [6, 6.07) is 8.64. The first kappa shape index (κ1) is 22.1. The molecule has 0 spiro atoms. The maximum Gasteiger partial charge on any atom is 0.340 e. The van der Waals surface area contributed by atoms with Crippen molar-refractivity contribution in [1.29, 1.82) is 0 Å². The number of hydrogen-bond donors (Lipinski definition) is 2. The zero-order chi connectivity index (χ0) is 21.0. The van der Waals surface area contributed by atoms with E-state index in [1.807, 2.05) is 24.3 Å². The number of hydrogen-bond acceptors (Lipinski definition) is 6. The van der Waals surface area contributed by atoms with Crippen molar-refractivity contribution in [3.63, 3.8) is 0 Å². The first-order valence-electron chi connectivity index (χ1n) is 8.38. The molecular weight excluding hydrogens is 494 g/mol. The largest absolute Gasteiger partial charge is 0.507 e. The predicted octanol–water partition coefficient (Wildman–Crippen LogP) is 5.06. The van der Waals surface area contributed by atoms with Gasteiger partial charge in [-0.3, -0.25) is 0 Å². The average Bonchev–Trinajstić information content (AvgIpc) is 2.68. The standard InChI is InChI=1S/C20H21Br2NO5/c1-5-28-20(26)16(17-15(24)10-14(21)19(25)18(17)22)11(2)23(3)12-6-8-13(27-4)9-7-12/h6-10,24-25H,5H2,1-4H3/b16-11-. The first-order chi connectivity index (χ1) is 13.2. The van der Waals surface area contributed by atoms with E-state index in [1.54, 1.807) is 32.9 Å². The topological polar surface area (TPSA) is 79.2 Å². The number of phenols is 2. The Morgan fingerprint density at radius 3 is 2.32 bits per heavy atom. The normalized spacial score (nSPS) is 11.6. The van der Waals surface area contributed by atoms with Crippen LogP contribution in [0.15, 0.2) is 45.0 Å². The van der Waals surface area contributed by atoms with E-state index in [1.165, 1.54) is 6.07 Å². The minimum atomic E-state index is -0.613. The molecular formula is C20H21Br2NO5. The predicted molar refractivity (Wildman–Crippen MR) is 116 cm³/mol. The Labute approximate surface area is 180 Å². The van der Waals surface area contributed by atoms with Crippen molar-refractivity contribution in [3.05, 3.63) is 50.5 Å². The van der Waals surface area contributed by atoms with Crippen molar-refractivity contribution in [3.8, 4) is 17.2 Å². The van der Waals surface area contributed by atoms with Crippen LogP contribution in [-0.2, 0) is 9.53 Å². The van der Waals surface area contributed by atoms with Gasteiger partial charge in [-0.05, 0) is 76.0 Å².